The Morgan fingerprint density at radius 1 is 1.14 bits per heavy atom. The summed E-state index contributed by atoms with van der Waals surface area (Å²) in [6, 6.07) is 10.2. The molecule has 0 bridgehead atoms. The number of halogens is 3. The Bertz CT molecular complexity index is 663. The van der Waals surface area contributed by atoms with Crippen LogP contribution in [0.15, 0.2) is 47.4 Å². The lowest BCUT2D eigenvalue weighted by Gasteiger charge is -2.16. The van der Waals surface area contributed by atoms with Crippen molar-refractivity contribution < 1.29 is 17.9 Å². The topological polar surface area (TPSA) is 31.2 Å². The van der Waals surface area contributed by atoms with Gasteiger partial charge in [0, 0.05) is 12.3 Å². The molecule has 1 aromatic carbocycles. The molecule has 2 aromatic rings. The predicted octanol–water partition coefficient (Wildman–Crippen LogP) is 3.30. The maximum atomic E-state index is 12.5. The molecule has 2 rings (SSSR count). The van der Waals surface area contributed by atoms with Crippen molar-refractivity contribution in [2.75, 3.05) is 0 Å². The van der Waals surface area contributed by atoms with E-state index in [0.29, 0.717) is 0 Å². The van der Waals surface area contributed by atoms with Crippen LogP contribution in [0.4, 0.5) is 13.2 Å². The molecule has 0 aliphatic heterocycles. The van der Waals surface area contributed by atoms with Gasteiger partial charge in [-0.25, -0.2) is 0 Å². The average Bonchev–Trinajstić information content (AvgIpc) is 2.42. The van der Waals surface area contributed by atoms with Gasteiger partial charge in [0.1, 0.15) is 13.2 Å². The summed E-state index contributed by atoms with van der Waals surface area (Å²) in [4.78, 5) is 11.8. The fourth-order valence-electron chi connectivity index (χ4n) is 1.92. The molecule has 0 aliphatic carbocycles. The van der Waals surface area contributed by atoms with Crippen LogP contribution in [0.5, 0.6) is 5.75 Å². The normalized spacial score (nSPS) is 11.4. The van der Waals surface area contributed by atoms with Crippen LogP contribution in [0, 0.1) is 6.92 Å². The lowest BCUT2D eigenvalue weighted by molar-refractivity contribution is -0.141. The number of rotatable bonds is 4. The fraction of sp³-hybridized carbons (Fsp3) is 0.267. The third-order valence-corrected chi connectivity index (χ3v) is 2.96. The first-order valence-electron chi connectivity index (χ1n) is 6.30. The van der Waals surface area contributed by atoms with E-state index in [0.717, 1.165) is 22.4 Å². The van der Waals surface area contributed by atoms with Gasteiger partial charge in [-0.1, -0.05) is 30.3 Å². The smallest absolute Gasteiger partial charge is 0.406 e. The van der Waals surface area contributed by atoms with Gasteiger partial charge < -0.3 is 9.30 Å². The van der Waals surface area contributed by atoms with Crippen LogP contribution in [0.2, 0.25) is 0 Å². The third kappa shape index (κ3) is 4.11. The molecular weight excluding hydrogens is 283 g/mol. The molecule has 6 heteroatoms. The van der Waals surface area contributed by atoms with Gasteiger partial charge in [-0.3, -0.25) is 4.79 Å². The highest BCUT2D eigenvalue weighted by atomic mass is 19.4. The number of alkyl halides is 3. The molecule has 0 saturated heterocycles. The van der Waals surface area contributed by atoms with Gasteiger partial charge in [0.05, 0.1) is 5.69 Å². The number of aromatic nitrogens is 1. The van der Waals surface area contributed by atoms with Crippen LogP contribution in [-0.2, 0) is 13.2 Å². The number of hydrogen-bond acceptors (Lipinski definition) is 2. The second kappa shape index (κ2) is 6.03. The minimum Gasteiger partial charge on any atom is -0.483 e. The summed E-state index contributed by atoms with van der Waals surface area (Å²) in [5, 5.41) is 0. The first kappa shape index (κ1) is 15.2. The van der Waals surface area contributed by atoms with E-state index in [2.05, 4.69) is 0 Å². The van der Waals surface area contributed by atoms with Gasteiger partial charge in [-0.2, -0.15) is 13.2 Å². The van der Waals surface area contributed by atoms with Crippen LogP contribution < -0.4 is 10.2 Å². The van der Waals surface area contributed by atoms with Crippen molar-refractivity contribution in [3.05, 3.63) is 64.1 Å². The molecule has 112 valence electrons. The van der Waals surface area contributed by atoms with E-state index in [-0.39, 0.29) is 18.1 Å². The lowest BCUT2D eigenvalue weighted by Crippen LogP contribution is -2.22. The van der Waals surface area contributed by atoms with Crippen molar-refractivity contribution in [2.45, 2.75) is 26.3 Å². The standard InChI is InChI=1S/C15H14F3NO2/c1-11-14(21-9-12-5-3-2-4-6-12)13(20)7-8-19(11)10-15(16,17)18/h2-8H,9-10H2,1H3. The molecule has 21 heavy (non-hydrogen) atoms. The zero-order valence-electron chi connectivity index (χ0n) is 11.4. The molecule has 0 atom stereocenters. The first-order valence-corrected chi connectivity index (χ1v) is 6.30. The fourth-order valence-corrected chi connectivity index (χ4v) is 1.92. The Kier molecular flexibility index (Phi) is 4.35. The Balaban J connectivity index is 2.22. The summed E-state index contributed by atoms with van der Waals surface area (Å²) in [5.74, 6) is -0.0504. The van der Waals surface area contributed by atoms with Crippen LogP contribution in [0.1, 0.15) is 11.3 Å². The summed E-state index contributed by atoms with van der Waals surface area (Å²) in [6.07, 6.45) is -3.23. The van der Waals surface area contributed by atoms with Crippen molar-refractivity contribution in [2.24, 2.45) is 0 Å². The van der Waals surface area contributed by atoms with Crippen molar-refractivity contribution in [1.29, 1.82) is 0 Å². The van der Waals surface area contributed by atoms with Crippen molar-refractivity contribution in [3.8, 4) is 5.75 Å². The monoisotopic (exact) mass is 297 g/mol. The van der Waals surface area contributed by atoms with Crippen molar-refractivity contribution in [1.82, 2.24) is 4.57 Å². The third-order valence-electron chi connectivity index (χ3n) is 2.96. The molecule has 0 aliphatic rings. The number of hydrogen-bond donors (Lipinski definition) is 0. The highest BCUT2D eigenvalue weighted by Crippen LogP contribution is 2.21. The minimum atomic E-state index is -4.35. The van der Waals surface area contributed by atoms with Gasteiger partial charge in [-0.15, -0.1) is 0 Å². The molecule has 0 saturated carbocycles. The molecule has 1 heterocycles. The van der Waals surface area contributed by atoms with Crippen molar-refractivity contribution >= 4 is 0 Å². The van der Waals surface area contributed by atoms with E-state index in [1.807, 2.05) is 30.3 Å². The molecule has 0 unspecified atom stereocenters. The number of pyridine rings is 1. The largest absolute Gasteiger partial charge is 0.483 e. The molecule has 0 spiro atoms. The Hall–Kier alpha value is -2.24. The average molecular weight is 297 g/mol. The summed E-state index contributed by atoms with van der Waals surface area (Å²) < 4.78 is 43.8. The van der Waals surface area contributed by atoms with Gasteiger partial charge in [0.15, 0.2) is 5.75 Å². The number of benzene rings is 1. The molecule has 3 nitrogen and oxygen atoms in total. The zero-order valence-corrected chi connectivity index (χ0v) is 11.4. The van der Waals surface area contributed by atoms with Gasteiger partial charge >= 0.3 is 6.18 Å². The molecular formula is C15H14F3NO2. The summed E-state index contributed by atoms with van der Waals surface area (Å²) >= 11 is 0. The van der Waals surface area contributed by atoms with Crippen LogP contribution in [0.3, 0.4) is 0 Å². The Morgan fingerprint density at radius 2 is 1.81 bits per heavy atom. The number of ether oxygens (including phenoxy) is 1. The van der Waals surface area contributed by atoms with E-state index in [4.69, 9.17) is 4.74 Å². The Labute approximate surface area is 119 Å². The SMILES string of the molecule is Cc1c(OCc2ccccc2)c(=O)ccn1CC(F)(F)F. The van der Waals surface area contributed by atoms with E-state index < -0.39 is 18.1 Å². The molecule has 1 aromatic heterocycles. The second-order valence-electron chi connectivity index (χ2n) is 4.61. The highest BCUT2D eigenvalue weighted by molar-refractivity contribution is 5.28. The van der Waals surface area contributed by atoms with E-state index >= 15 is 0 Å². The van der Waals surface area contributed by atoms with Crippen molar-refractivity contribution in [3.63, 3.8) is 0 Å². The first-order chi connectivity index (χ1) is 9.87. The maximum Gasteiger partial charge on any atom is 0.406 e. The predicted molar refractivity (Wildman–Crippen MR) is 72.3 cm³/mol. The number of nitrogens with zero attached hydrogens (tertiary/aromatic N) is 1. The van der Waals surface area contributed by atoms with E-state index in [1.54, 1.807) is 0 Å². The maximum absolute atomic E-state index is 12.5. The van der Waals surface area contributed by atoms with Gasteiger partial charge in [0.25, 0.3) is 0 Å². The summed E-state index contributed by atoms with van der Waals surface area (Å²) in [7, 11) is 0. The minimum absolute atomic E-state index is 0.0504. The summed E-state index contributed by atoms with van der Waals surface area (Å²) in [6.45, 7) is 0.418. The van der Waals surface area contributed by atoms with Crippen LogP contribution in [-0.4, -0.2) is 10.7 Å². The molecule has 0 amide bonds. The molecule has 0 N–H and O–H groups in total. The van der Waals surface area contributed by atoms with Gasteiger partial charge in [-0.05, 0) is 12.5 Å². The zero-order chi connectivity index (χ0) is 15.5. The van der Waals surface area contributed by atoms with E-state index in [9.17, 15) is 18.0 Å². The van der Waals surface area contributed by atoms with Crippen LogP contribution in [0.25, 0.3) is 0 Å². The van der Waals surface area contributed by atoms with E-state index in [1.165, 1.54) is 6.92 Å². The summed E-state index contributed by atoms with van der Waals surface area (Å²) in [5.41, 5.74) is 0.570. The van der Waals surface area contributed by atoms with Crippen LogP contribution >= 0.6 is 0 Å². The Morgan fingerprint density at radius 3 is 2.43 bits per heavy atom. The quantitative estimate of drug-likeness (QED) is 0.867. The van der Waals surface area contributed by atoms with Gasteiger partial charge in [0.2, 0.25) is 5.43 Å². The second-order valence-corrected chi connectivity index (χ2v) is 4.61. The molecule has 0 fully saturated rings. The molecule has 0 radical (unpaired) electrons. The highest BCUT2D eigenvalue weighted by Gasteiger charge is 2.28. The lowest BCUT2D eigenvalue weighted by atomic mass is 10.2.